The lowest BCUT2D eigenvalue weighted by molar-refractivity contribution is -0.143. The van der Waals surface area contributed by atoms with Crippen molar-refractivity contribution < 1.29 is 19.5 Å². The molecule has 1 spiro atoms. The summed E-state index contributed by atoms with van der Waals surface area (Å²) in [5.41, 5.74) is 3.97. The van der Waals surface area contributed by atoms with E-state index in [9.17, 15) is 19.5 Å². The maximum Gasteiger partial charge on any atom is 0.251 e. The van der Waals surface area contributed by atoms with E-state index in [1.54, 1.807) is 16.7 Å². The predicted molar refractivity (Wildman–Crippen MR) is 166 cm³/mol. The molecule has 7 nitrogen and oxygen atoms in total. The van der Waals surface area contributed by atoms with Crippen LogP contribution in [-0.4, -0.2) is 74.9 Å². The van der Waals surface area contributed by atoms with Crippen molar-refractivity contribution in [3.8, 4) is 0 Å². The summed E-state index contributed by atoms with van der Waals surface area (Å²) in [4.78, 5) is 48.9. The lowest BCUT2D eigenvalue weighted by atomic mass is 9.78. The zero-order valence-electron chi connectivity index (χ0n) is 24.3. The first-order valence-electron chi connectivity index (χ1n) is 15.0. The van der Waals surface area contributed by atoms with Gasteiger partial charge in [-0.15, -0.1) is 11.8 Å². The molecule has 2 aromatic carbocycles. The van der Waals surface area contributed by atoms with Crippen molar-refractivity contribution in [2.24, 2.45) is 11.8 Å². The average molecular weight is 586 g/mol. The van der Waals surface area contributed by atoms with E-state index in [1.807, 2.05) is 84.3 Å². The van der Waals surface area contributed by atoms with Gasteiger partial charge in [-0.25, -0.2) is 0 Å². The molecule has 4 aliphatic heterocycles. The molecule has 2 fully saturated rings. The number of para-hydroxylation sites is 1. The van der Waals surface area contributed by atoms with Gasteiger partial charge in [0.25, 0.3) is 5.91 Å². The van der Waals surface area contributed by atoms with Crippen LogP contribution in [0, 0.1) is 25.7 Å². The summed E-state index contributed by atoms with van der Waals surface area (Å²) in [5.74, 6) is -1.37. The number of thioether (sulfide) groups is 1. The molecule has 1 N–H and O–H groups in total. The normalized spacial score (nSPS) is 28.5. The number of aliphatic hydroxyl groups excluding tert-OH is 1. The van der Waals surface area contributed by atoms with E-state index in [2.05, 4.69) is 12.2 Å². The molecule has 4 heterocycles. The van der Waals surface area contributed by atoms with Crippen LogP contribution in [0.25, 0.3) is 0 Å². The standard InChI is InChI=1S/C34H39N3O4S/c1-23-12-9-13-24(2)29(23)36-20-11-17-34-28(32(40)37(30(34)33(36)41)19-7-4-8-21-38)27-26(42-34)16-10-18-35(31(27)39)22-25-14-5-3-6-15-25/h3,5-6,9-17,26-28,30,38H,4,7-8,18-22H2,1-2H3/t26-,27+,28+,30?,34+/m1/s1. The third kappa shape index (κ3) is 4.78. The Morgan fingerprint density at radius 3 is 2.38 bits per heavy atom. The van der Waals surface area contributed by atoms with Gasteiger partial charge in [0, 0.05) is 43.7 Å². The largest absolute Gasteiger partial charge is 0.396 e. The molecular formula is C34H39N3O4S. The summed E-state index contributed by atoms with van der Waals surface area (Å²) >= 11 is 1.62. The fraction of sp³-hybridized carbons (Fsp3) is 0.441. The molecule has 3 amide bonds. The van der Waals surface area contributed by atoms with Crippen molar-refractivity contribution in [2.45, 2.75) is 55.7 Å². The van der Waals surface area contributed by atoms with Crippen LogP contribution in [0.2, 0.25) is 0 Å². The first kappa shape index (κ1) is 28.7. The van der Waals surface area contributed by atoms with Crippen LogP contribution in [-0.2, 0) is 20.9 Å². The number of aryl methyl sites for hydroxylation is 2. The van der Waals surface area contributed by atoms with Crippen molar-refractivity contribution >= 4 is 35.2 Å². The van der Waals surface area contributed by atoms with Gasteiger partial charge in [0.15, 0.2) is 0 Å². The second-order valence-electron chi connectivity index (χ2n) is 11.9. The van der Waals surface area contributed by atoms with Gasteiger partial charge in [0.1, 0.15) is 6.04 Å². The first-order chi connectivity index (χ1) is 20.4. The molecule has 8 heteroatoms. The van der Waals surface area contributed by atoms with Gasteiger partial charge in [-0.3, -0.25) is 14.4 Å². The zero-order chi connectivity index (χ0) is 29.4. The van der Waals surface area contributed by atoms with E-state index in [0.29, 0.717) is 39.0 Å². The number of anilines is 1. The van der Waals surface area contributed by atoms with E-state index in [4.69, 9.17) is 0 Å². The maximum atomic E-state index is 14.7. The highest BCUT2D eigenvalue weighted by Gasteiger charge is 2.71. The highest BCUT2D eigenvalue weighted by Crippen LogP contribution is 2.61. The van der Waals surface area contributed by atoms with E-state index in [-0.39, 0.29) is 29.6 Å². The summed E-state index contributed by atoms with van der Waals surface area (Å²) in [6.45, 7) is 5.96. The Hall–Kier alpha value is -3.36. The van der Waals surface area contributed by atoms with Gasteiger partial charge < -0.3 is 19.8 Å². The van der Waals surface area contributed by atoms with Crippen LogP contribution in [0.5, 0.6) is 0 Å². The Morgan fingerprint density at radius 2 is 1.64 bits per heavy atom. The number of carbonyl (C=O) groups excluding carboxylic acids is 3. The van der Waals surface area contributed by atoms with Gasteiger partial charge >= 0.3 is 0 Å². The number of benzene rings is 2. The third-order valence-electron chi connectivity index (χ3n) is 9.22. The molecule has 0 aliphatic carbocycles. The first-order valence-corrected chi connectivity index (χ1v) is 15.9. The van der Waals surface area contributed by atoms with Crippen LogP contribution in [0.3, 0.4) is 0 Å². The number of likely N-dealkylation sites (tertiary alicyclic amines) is 1. The molecule has 1 unspecified atom stereocenters. The van der Waals surface area contributed by atoms with Crippen molar-refractivity contribution in [2.75, 3.05) is 31.1 Å². The van der Waals surface area contributed by atoms with Crippen LogP contribution in [0.15, 0.2) is 72.8 Å². The smallest absolute Gasteiger partial charge is 0.251 e. The van der Waals surface area contributed by atoms with Gasteiger partial charge in [0.2, 0.25) is 11.8 Å². The number of fused-ring (bicyclic) bond motifs is 2. The molecule has 2 aromatic rings. The van der Waals surface area contributed by atoms with Crippen LogP contribution in [0.4, 0.5) is 5.69 Å². The minimum Gasteiger partial charge on any atom is -0.396 e. The minimum atomic E-state index is -0.832. The topological polar surface area (TPSA) is 81.2 Å². The van der Waals surface area contributed by atoms with Crippen molar-refractivity contribution in [1.29, 1.82) is 0 Å². The lowest BCUT2D eigenvalue weighted by Gasteiger charge is -2.36. The van der Waals surface area contributed by atoms with Gasteiger partial charge in [-0.05, 0) is 49.8 Å². The summed E-state index contributed by atoms with van der Waals surface area (Å²) in [5, 5.41) is 9.15. The number of unbranched alkanes of at least 4 members (excludes halogenated alkanes) is 2. The molecule has 0 aromatic heterocycles. The SMILES string of the molecule is Cc1cccc(C)c1N1CC=C[C@]23S[C@@H]4C=CCN(Cc5ccccc5)C(=O)[C@@H]4[C@H]2C(=O)N(CCCCCO)C3C1=O. The van der Waals surface area contributed by atoms with Gasteiger partial charge in [0.05, 0.1) is 16.6 Å². The lowest BCUT2D eigenvalue weighted by Crippen LogP contribution is -2.53. The number of rotatable bonds is 8. The van der Waals surface area contributed by atoms with Crippen LogP contribution >= 0.6 is 11.8 Å². The second kappa shape index (κ2) is 11.7. The van der Waals surface area contributed by atoms with E-state index >= 15 is 0 Å². The molecule has 2 saturated heterocycles. The zero-order valence-corrected chi connectivity index (χ0v) is 25.1. The molecule has 42 heavy (non-hydrogen) atoms. The minimum absolute atomic E-state index is 0.0193. The predicted octanol–water partition coefficient (Wildman–Crippen LogP) is 4.26. The van der Waals surface area contributed by atoms with Gasteiger partial charge in [-0.1, -0.05) is 72.8 Å². The number of nitrogens with zero attached hydrogens (tertiary/aromatic N) is 3. The summed E-state index contributed by atoms with van der Waals surface area (Å²) in [7, 11) is 0. The highest BCUT2D eigenvalue weighted by molar-refractivity contribution is 8.02. The Bertz CT molecular complexity index is 1400. The maximum absolute atomic E-state index is 14.7. The van der Waals surface area contributed by atoms with Crippen molar-refractivity contribution in [3.63, 3.8) is 0 Å². The van der Waals surface area contributed by atoms with E-state index < -0.39 is 22.6 Å². The molecule has 6 rings (SSSR count). The quantitative estimate of drug-likeness (QED) is 0.370. The van der Waals surface area contributed by atoms with E-state index in [1.165, 1.54) is 0 Å². The van der Waals surface area contributed by atoms with Crippen molar-refractivity contribution in [3.05, 3.63) is 89.5 Å². The number of carbonyl (C=O) groups is 3. The van der Waals surface area contributed by atoms with E-state index in [0.717, 1.165) is 28.8 Å². The average Bonchev–Trinajstić information content (AvgIpc) is 3.29. The number of amides is 3. The number of hydrogen-bond acceptors (Lipinski definition) is 5. The molecule has 0 saturated carbocycles. The number of hydrogen-bond donors (Lipinski definition) is 1. The van der Waals surface area contributed by atoms with Crippen LogP contribution < -0.4 is 4.90 Å². The molecule has 0 bridgehead atoms. The molecule has 5 atom stereocenters. The van der Waals surface area contributed by atoms with Gasteiger partial charge in [-0.2, -0.15) is 0 Å². The van der Waals surface area contributed by atoms with Crippen molar-refractivity contribution in [1.82, 2.24) is 9.80 Å². The Morgan fingerprint density at radius 1 is 0.881 bits per heavy atom. The molecular weight excluding hydrogens is 546 g/mol. The fourth-order valence-electron chi connectivity index (χ4n) is 7.38. The second-order valence-corrected chi connectivity index (χ2v) is 13.4. The highest BCUT2D eigenvalue weighted by atomic mass is 32.2. The van der Waals surface area contributed by atoms with Crippen LogP contribution in [0.1, 0.15) is 36.0 Å². The summed E-state index contributed by atoms with van der Waals surface area (Å²) in [6, 6.07) is 15.3. The third-order valence-corrected chi connectivity index (χ3v) is 11.0. The Labute approximate surface area is 252 Å². The fourth-order valence-corrected chi connectivity index (χ4v) is 9.38. The number of aliphatic hydroxyl groups is 1. The monoisotopic (exact) mass is 585 g/mol. The summed E-state index contributed by atoms with van der Waals surface area (Å²) < 4.78 is -0.832. The Balaban J connectivity index is 1.39. The molecule has 0 radical (unpaired) electrons. The molecule has 220 valence electrons. The summed E-state index contributed by atoms with van der Waals surface area (Å²) in [6.07, 6.45) is 10.4. The molecule has 4 aliphatic rings. The Kier molecular flexibility index (Phi) is 8.03.